The van der Waals surface area contributed by atoms with Gasteiger partial charge in [0.15, 0.2) is 18.4 Å². The van der Waals surface area contributed by atoms with Crippen LogP contribution in [-0.2, 0) is 11.0 Å². The van der Waals surface area contributed by atoms with Crippen molar-refractivity contribution in [3.8, 4) is 11.8 Å². The van der Waals surface area contributed by atoms with Crippen LogP contribution in [0, 0.1) is 23.0 Å². The van der Waals surface area contributed by atoms with Crippen LogP contribution in [0.4, 0.5) is 13.2 Å². The molecule has 1 unspecified atom stereocenters. The smallest absolute Gasteiger partial charge is 0.417 e. The summed E-state index contributed by atoms with van der Waals surface area (Å²) in [5.41, 5.74) is 0.0816. The number of carbonyl (C=O) groups excluding carboxylic acids is 1. The number of fused-ring (bicyclic) bond motifs is 1. The third-order valence-corrected chi connectivity index (χ3v) is 4.74. The van der Waals surface area contributed by atoms with Crippen molar-refractivity contribution in [1.82, 2.24) is 5.32 Å². The summed E-state index contributed by atoms with van der Waals surface area (Å²) in [6, 6.07) is 10.2. The zero-order chi connectivity index (χ0) is 22.6. The van der Waals surface area contributed by atoms with E-state index in [0.717, 1.165) is 23.3 Å². The number of carbonyl (C=O) groups is 1. The summed E-state index contributed by atoms with van der Waals surface area (Å²) in [7, 11) is 0. The predicted octanol–water partition coefficient (Wildman–Crippen LogP) is 2.49. The second kappa shape index (κ2) is 9.16. The Balaban J connectivity index is 1.77. The van der Waals surface area contributed by atoms with E-state index < -0.39 is 29.3 Å². The maximum atomic E-state index is 13.2. The molecule has 6 nitrogen and oxygen atoms in total. The van der Waals surface area contributed by atoms with E-state index in [9.17, 15) is 18.0 Å². The first-order chi connectivity index (χ1) is 14.7. The topological polar surface area (TPSA) is 80.4 Å². The minimum atomic E-state index is -4.70. The highest BCUT2D eigenvalue weighted by Crippen LogP contribution is 2.34. The molecule has 9 heteroatoms. The molecule has 1 amide bonds. The van der Waals surface area contributed by atoms with E-state index in [4.69, 9.17) is 10.00 Å². The third kappa shape index (κ3) is 5.40. The highest BCUT2D eigenvalue weighted by molar-refractivity contribution is 5.81. The Morgan fingerprint density at radius 2 is 2.10 bits per heavy atom. The monoisotopic (exact) mass is 431 g/mol. The summed E-state index contributed by atoms with van der Waals surface area (Å²) < 4.78 is 47.2. The van der Waals surface area contributed by atoms with E-state index in [0.29, 0.717) is 13.0 Å². The van der Waals surface area contributed by atoms with Crippen LogP contribution in [0.15, 0.2) is 47.6 Å². The molecular weight excluding hydrogens is 409 g/mol. The number of rotatable bonds is 7. The first kappa shape index (κ1) is 22.3. The number of benzene rings is 1. The Morgan fingerprint density at radius 3 is 2.77 bits per heavy atom. The molecule has 1 aromatic heterocycles. The van der Waals surface area contributed by atoms with Crippen LogP contribution in [0.2, 0.25) is 0 Å². The highest BCUT2D eigenvalue weighted by atomic mass is 19.4. The average molecular weight is 431 g/mol. The molecule has 0 fully saturated rings. The lowest BCUT2D eigenvalue weighted by molar-refractivity contribution is -0.535. The third-order valence-electron chi connectivity index (χ3n) is 4.74. The summed E-state index contributed by atoms with van der Waals surface area (Å²) in [5.74, 6) is -0.472. The Kier molecular flexibility index (Phi) is 6.59. The molecule has 2 aromatic rings. The normalized spacial score (nSPS) is 13.9. The second-order valence-electron chi connectivity index (χ2n) is 7.58. The molecule has 3 rings (SSSR count). The molecule has 0 radical (unpaired) electrons. The minimum Gasteiger partial charge on any atom is -0.481 e. The Bertz CT molecular complexity index is 1140. The van der Waals surface area contributed by atoms with Crippen LogP contribution >= 0.6 is 0 Å². The standard InChI is InChI=1S/C22H21F3N4O2/c1-14(2)9-19(31-17-7-6-15(11-26)18(10-17)22(23,24)25)21(30)28-13-16-12-27-20-5-3-4-8-29(16)20/h3-8,10,14,19H,9,12-13H2,1-2H3/p+1. The molecule has 0 saturated carbocycles. The van der Waals surface area contributed by atoms with Gasteiger partial charge in [-0.15, -0.1) is 0 Å². The van der Waals surface area contributed by atoms with Gasteiger partial charge in [0.1, 0.15) is 5.75 Å². The van der Waals surface area contributed by atoms with Crippen LogP contribution in [-0.4, -0.2) is 25.1 Å². The van der Waals surface area contributed by atoms with Crippen molar-refractivity contribution in [1.29, 1.82) is 5.26 Å². The summed E-state index contributed by atoms with van der Waals surface area (Å²) >= 11 is 0. The number of aromatic nitrogens is 1. The van der Waals surface area contributed by atoms with Crippen LogP contribution < -0.4 is 19.8 Å². The van der Waals surface area contributed by atoms with Crippen molar-refractivity contribution in [3.05, 3.63) is 64.9 Å². The molecule has 1 aliphatic heterocycles. The minimum absolute atomic E-state index is 0.0699. The van der Waals surface area contributed by atoms with Crippen LogP contribution in [0.5, 0.6) is 5.75 Å². The molecule has 0 bridgehead atoms. The largest absolute Gasteiger partial charge is 0.481 e. The second-order valence-corrected chi connectivity index (χ2v) is 7.58. The molecule has 1 N–H and O–H groups in total. The molecule has 0 saturated heterocycles. The molecule has 31 heavy (non-hydrogen) atoms. The van der Waals surface area contributed by atoms with Gasteiger partial charge in [0.25, 0.3) is 5.91 Å². The summed E-state index contributed by atoms with van der Waals surface area (Å²) in [5, 5.41) is 11.7. The Morgan fingerprint density at radius 1 is 1.32 bits per heavy atom. The van der Waals surface area contributed by atoms with Gasteiger partial charge in [-0.1, -0.05) is 24.9 Å². The molecule has 162 valence electrons. The number of halogens is 3. The summed E-state index contributed by atoms with van der Waals surface area (Å²) in [6.45, 7) is 4.47. The van der Waals surface area contributed by atoms with Crippen molar-refractivity contribution in [2.45, 2.75) is 32.5 Å². The van der Waals surface area contributed by atoms with Gasteiger partial charge < -0.3 is 10.1 Å². The van der Waals surface area contributed by atoms with Crippen molar-refractivity contribution < 1.29 is 26.9 Å². The van der Waals surface area contributed by atoms with Crippen molar-refractivity contribution in [2.24, 2.45) is 10.9 Å². The number of nitrogens with zero attached hydrogens (tertiary/aromatic N) is 3. The van der Waals surface area contributed by atoms with Gasteiger partial charge in [-0.3, -0.25) is 4.79 Å². The zero-order valence-corrected chi connectivity index (χ0v) is 17.1. The van der Waals surface area contributed by atoms with E-state index in [1.807, 2.05) is 42.5 Å². The maximum Gasteiger partial charge on any atom is 0.417 e. The van der Waals surface area contributed by atoms with Crippen LogP contribution in [0.3, 0.4) is 0 Å². The average Bonchev–Trinajstić information content (AvgIpc) is 3.13. The number of ether oxygens (including phenoxy) is 1. The van der Waals surface area contributed by atoms with Gasteiger partial charge in [-0.2, -0.15) is 22.7 Å². The van der Waals surface area contributed by atoms with Gasteiger partial charge in [-0.05, 0) is 36.6 Å². The van der Waals surface area contributed by atoms with Gasteiger partial charge >= 0.3 is 11.7 Å². The molecule has 1 atom stereocenters. The number of nitriles is 1. The summed E-state index contributed by atoms with van der Waals surface area (Å²) in [4.78, 5) is 17.2. The SMILES string of the molecule is CC(C)CC(Oc1ccc(C#N)c(C(F)(F)F)c1)C(=O)NCC1=[n+]2ccccc2=NC1. The maximum absolute atomic E-state index is 13.2. The van der Waals surface area contributed by atoms with Crippen LogP contribution in [0.1, 0.15) is 31.4 Å². The quantitative estimate of drug-likeness (QED) is 0.684. The lowest BCUT2D eigenvalue weighted by atomic mass is 10.0. The molecule has 1 aliphatic rings. The Hall–Kier alpha value is -3.41. The predicted molar refractivity (Wildman–Crippen MR) is 104 cm³/mol. The first-order valence-electron chi connectivity index (χ1n) is 9.78. The molecule has 2 heterocycles. The fraction of sp³-hybridized carbons (Fsp3) is 0.364. The number of alkyl halides is 3. The zero-order valence-electron chi connectivity index (χ0n) is 17.1. The molecule has 0 aliphatic carbocycles. The fourth-order valence-electron chi connectivity index (χ4n) is 3.25. The van der Waals surface area contributed by atoms with Gasteiger partial charge in [-0.25, -0.2) is 0 Å². The molecule has 0 spiro atoms. The number of pyridine rings is 1. The fourth-order valence-corrected chi connectivity index (χ4v) is 3.25. The number of hydrogen-bond donors (Lipinski definition) is 1. The van der Waals surface area contributed by atoms with Crippen LogP contribution in [0.25, 0.3) is 0 Å². The summed E-state index contributed by atoms with van der Waals surface area (Å²) in [6.07, 6.45) is -3.51. The van der Waals surface area contributed by atoms with E-state index in [1.54, 1.807) is 0 Å². The van der Waals surface area contributed by atoms with Crippen molar-refractivity contribution in [2.75, 3.05) is 13.1 Å². The lowest BCUT2D eigenvalue weighted by Gasteiger charge is -2.21. The molecular formula is C22H22F3N4O2+. The molecule has 1 aromatic carbocycles. The first-order valence-corrected chi connectivity index (χ1v) is 9.78. The van der Waals surface area contributed by atoms with Gasteiger partial charge in [0.05, 0.1) is 29.9 Å². The van der Waals surface area contributed by atoms with Crippen molar-refractivity contribution >= 4 is 5.91 Å². The van der Waals surface area contributed by atoms with E-state index in [-0.39, 0.29) is 18.2 Å². The number of amides is 1. The van der Waals surface area contributed by atoms with E-state index in [1.165, 1.54) is 12.1 Å². The van der Waals surface area contributed by atoms with Gasteiger partial charge in [0.2, 0.25) is 0 Å². The van der Waals surface area contributed by atoms with E-state index in [2.05, 4.69) is 10.3 Å². The van der Waals surface area contributed by atoms with E-state index >= 15 is 0 Å². The lowest BCUT2D eigenvalue weighted by Crippen LogP contribution is -2.44. The number of nitrogens with one attached hydrogen (secondary N) is 1. The number of hydrogen-bond acceptors (Lipinski definition) is 4. The van der Waals surface area contributed by atoms with Gasteiger partial charge in [0, 0.05) is 6.07 Å². The van der Waals surface area contributed by atoms with Crippen molar-refractivity contribution in [3.63, 3.8) is 0 Å². The Labute approximate surface area is 177 Å². The highest BCUT2D eigenvalue weighted by Gasteiger charge is 2.34.